The molecule has 0 unspecified atom stereocenters. The van der Waals surface area contributed by atoms with Gasteiger partial charge in [0.1, 0.15) is 5.82 Å². The molecule has 0 aliphatic rings. The molecule has 3 N–H and O–H groups in total. The molecule has 0 saturated heterocycles. The van der Waals surface area contributed by atoms with Gasteiger partial charge in [0.2, 0.25) is 0 Å². The zero-order valence-corrected chi connectivity index (χ0v) is 17.6. The molecule has 0 saturated carbocycles. The molecule has 0 bridgehead atoms. The summed E-state index contributed by atoms with van der Waals surface area (Å²) in [7, 11) is 1.48. The number of nitrogens with one attached hydrogen (secondary N) is 3. The van der Waals surface area contributed by atoms with Crippen LogP contribution in [0.4, 0.5) is 15.1 Å². The average Bonchev–Trinajstić information content (AvgIpc) is 3.08. The molecule has 0 fully saturated rings. The molecule has 1 aromatic heterocycles. The van der Waals surface area contributed by atoms with Gasteiger partial charge in [-0.25, -0.2) is 4.39 Å². The summed E-state index contributed by atoms with van der Waals surface area (Å²) in [6, 6.07) is 11.6. The fourth-order valence-corrected chi connectivity index (χ4v) is 3.85. The van der Waals surface area contributed by atoms with Crippen molar-refractivity contribution in [2.45, 2.75) is 6.92 Å². The van der Waals surface area contributed by atoms with Crippen molar-refractivity contribution in [3.8, 4) is 0 Å². The third kappa shape index (κ3) is 4.84. The van der Waals surface area contributed by atoms with Crippen LogP contribution < -0.4 is 16.0 Å². The van der Waals surface area contributed by atoms with Gasteiger partial charge < -0.3 is 16.0 Å². The van der Waals surface area contributed by atoms with Gasteiger partial charge in [-0.15, -0.1) is 11.3 Å². The second kappa shape index (κ2) is 9.06. The summed E-state index contributed by atoms with van der Waals surface area (Å²) in [6.45, 7) is 1.74. The lowest BCUT2D eigenvalue weighted by Gasteiger charge is -2.08. The number of halogens is 2. The van der Waals surface area contributed by atoms with Gasteiger partial charge >= 0.3 is 0 Å². The third-order valence-corrected chi connectivity index (χ3v) is 5.62. The quantitative estimate of drug-likeness (QED) is 0.531. The SMILES string of the molecule is CNC(=O)c1cc(NC(=O)c2sc(NC(=O)c3cccc(F)c3)cc2C)ccc1Cl. The molecule has 3 amide bonds. The minimum atomic E-state index is -0.510. The van der Waals surface area contributed by atoms with Gasteiger partial charge in [0, 0.05) is 18.3 Å². The first-order chi connectivity index (χ1) is 14.3. The van der Waals surface area contributed by atoms with E-state index < -0.39 is 17.6 Å². The second-order valence-electron chi connectivity index (χ2n) is 6.32. The standard InChI is InChI=1S/C21H17ClFN3O3S/c1-11-8-17(26-19(27)12-4-3-5-13(23)9-12)30-18(11)21(29)25-14-6-7-16(22)15(10-14)20(28)24-2/h3-10H,1-2H3,(H,24,28)(H,25,29)(H,26,27). The molecule has 3 rings (SSSR count). The van der Waals surface area contributed by atoms with Gasteiger partial charge in [-0.1, -0.05) is 17.7 Å². The second-order valence-corrected chi connectivity index (χ2v) is 7.77. The molecule has 0 spiro atoms. The van der Waals surface area contributed by atoms with Crippen LogP contribution >= 0.6 is 22.9 Å². The van der Waals surface area contributed by atoms with E-state index in [0.29, 0.717) is 21.1 Å². The Kier molecular flexibility index (Phi) is 6.49. The highest BCUT2D eigenvalue weighted by Crippen LogP contribution is 2.28. The molecular weight excluding hydrogens is 429 g/mol. The summed E-state index contributed by atoms with van der Waals surface area (Å²) in [5.41, 5.74) is 1.48. The van der Waals surface area contributed by atoms with Gasteiger partial charge in [0.15, 0.2) is 0 Å². The number of rotatable bonds is 5. The molecule has 0 aliphatic heterocycles. The van der Waals surface area contributed by atoms with Crippen LogP contribution in [-0.2, 0) is 0 Å². The van der Waals surface area contributed by atoms with E-state index in [0.717, 1.165) is 17.4 Å². The number of benzene rings is 2. The highest BCUT2D eigenvalue weighted by molar-refractivity contribution is 7.18. The molecule has 2 aromatic carbocycles. The Bertz CT molecular complexity index is 1150. The minimum absolute atomic E-state index is 0.176. The smallest absolute Gasteiger partial charge is 0.266 e. The highest BCUT2D eigenvalue weighted by Gasteiger charge is 2.17. The van der Waals surface area contributed by atoms with Crippen molar-refractivity contribution in [2.24, 2.45) is 0 Å². The van der Waals surface area contributed by atoms with Crippen molar-refractivity contribution in [3.63, 3.8) is 0 Å². The summed E-state index contributed by atoms with van der Waals surface area (Å²) in [5.74, 6) is -1.75. The molecule has 9 heteroatoms. The van der Waals surface area contributed by atoms with Crippen LogP contribution in [-0.4, -0.2) is 24.8 Å². The van der Waals surface area contributed by atoms with Gasteiger partial charge in [0.05, 0.1) is 20.5 Å². The van der Waals surface area contributed by atoms with E-state index in [1.54, 1.807) is 19.1 Å². The van der Waals surface area contributed by atoms with Crippen molar-refractivity contribution in [2.75, 3.05) is 17.7 Å². The van der Waals surface area contributed by atoms with E-state index >= 15 is 0 Å². The number of thiophene rings is 1. The lowest BCUT2D eigenvalue weighted by molar-refractivity contribution is 0.0961. The maximum absolute atomic E-state index is 13.3. The number of carbonyl (C=O) groups excluding carboxylic acids is 3. The Morgan fingerprint density at radius 2 is 1.73 bits per heavy atom. The van der Waals surface area contributed by atoms with Crippen LogP contribution in [0.25, 0.3) is 0 Å². The highest BCUT2D eigenvalue weighted by atomic mass is 35.5. The van der Waals surface area contributed by atoms with Crippen molar-refractivity contribution in [1.82, 2.24) is 5.32 Å². The number of hydrogen-bond acceptors (Lipinski definition) is 4. The fraction of sp³-hybridized carbons (Fsp3) is 0.0952. The molecule has 0 radical (unpaired) electrons. The van der Waals surface area contributed by atoms with Gasteiger partial charge in [-0.3, -0.25) is 14.4 Å². The summed E-state index contributed by atoms with van der Waals surface area (Å²) in [4.78, 5) is 37.2. The molecule has 30 heavy (non-hydrogen) atoms. The summed E-state index contributed by atoms with van der Waals surface area (Å²) in [6.07, 6.45) is 0. The zero-order valence-electron chi connectivity index (χ0n) is 16.0. The maximum Gasteiger partial charge on any atom is 0.266 e. The first-order valence-electron chi connectivity index (χ1n) is 8.79. The molecule has 0 aliphatic carbocycles. The number of carbonyl (C=O) groups is 3. The molecule has 6 nitrogen and oxygen atoms in total. The predicted octanol–water partition coefficient (Wildman–Crippen LogP) is 4.71. The van der Waals surface area contributed by atoms with Crippen molar-refractivity contribution in [1.29, 1.82) is 0 Å². The maximum atomic E-state index is 13.3. The topological polar surface area (TPSA) is 87.3 Å². The lowest BCUT2D eigenvalue weighted by Crippen LogP contribution is -2.19. The average molecular weight is 446 g/mol. The summed E-state index contributed by atoms with van der Waals surface area (Å²) in [5, 5.41) is 8.59. The zero-order chi connectivity index (χ0) is 21.8. The Morgan fingerprint density at radius 3 is 2.43 bits per heavy atom. The number of aryl methyl sites for hydroxylation is 1. The molecule has 0 atom stereocenters. The Morgan fingerprint density at radius 1 is 0.967 bits per heavy atom. The Balaban J connectivity index is 1.76. The van der Waals surface area contributed by atoms with Crippen LogP contribution in [0.15, 0.2) is 48.5 Å². The van der Waals surface area contributed by atoms with Crippen LogP contribution in [0, 0.1) is 12.7 Å². The predicted molar refractivity (Wildman–Crippen MR) is 116 cm³/mol. The molecule has 3 aromatic rings. The lowest BCUT2D eigenvalue weighted by atomic mass is 10.2. The Labute approximate surface area is 181 Å². The van der Waals surface area contributed by atoms with E-state index in [1.165, 1.54) is 37.4 Å². The first-order valence-corrected chi connectivity index (χ1v) is 9.98. The van der Waals surface area contributed by atoms with Crippen molar-refractivity contribution in [3.05, 3.63) is 80.9 Å². The first kappa shape index (κ1) is 21.5. The van der Waals surface area contributed by atoms with Crippen LogP contribution in [0.1, 0.15) is 36.0 Å². The number of anilines is 2. The largest absolute Gasteiger partial charge is 0.355 e. The summed E-state index contributed by atoms with van der Waals surface area (Å²) >= 11 is 7.11. The molecule has 1 heterocycles. The van der Waals surface area contributed by atoms with Crippen LogP contribution in [0.3, 0.4) is 0 Å². The minimum Gasteiger partial charge on any atom is -0.355 e. The van der Waals surface area contributed by atoms with Crippen LogP contribution in [0.2, 0.25) is 5.02 Å². The molecular formula is C21H17ClFN3O3S. The van der Waals surface area contributed by atoms with Gasteiger partial charge in [-0.2, -0.15) is 0 Å². The van der Waals surface area contributed by atoms with Crippen LogP contribution in [0.5, 0.6) is 0 Å². The van der Waals surface area contributed by atoms with E-state index in [4.69, 9.17) is 11.6 Å². The summed E-state index contributed by atoms with van der Waals surface area (Å²) < 4.78 is 13.3. The van der Waals surface area contributed by atoms with Gasteiger partial charge in [-0.05, 0) is 55.0 Å². The van der Waals surface area contributed by atoms with E-state index in [9.17, 15) is 18.8 Å². The van der Waals surface area contributed by atoms with E-state index in [-0.39, 0.29) is 22.1 Å². The van der Waals surface area contributed by atoms with E-state index in [1.807, 2.05) is 0 Å². The monoisotopic (exact) mass is 445 g/mol. The number of amides is 3. The fourth-order valence-electron chi connectivity index (χ4n) is 2.68. The normalized spacial score (nSPS) is 10.4. The van der Waals surface area contributed by atoms with Crippen molar-refractivity contribution >= 4 is 51.3 Å². The third-order valence-electron chi connectivity index (χ3n) is 4.14. The number of hydrogen-bond donors (Lipinski definition) is 3. The molecule has 154 valence electrons. The van der Waals surface area contributed by atoms with E-state index in [2.05, 4.69) is 16.0 Å². The Hall–Kier alpha value is -3.23. The van der Waals surface area contributed by atoms with Gasteiger partial charge in [0.25, 0.3) is 17.7 Å². The van der Waals surface area contributed by atoms with Crippen molar-refractivity contribution < 1.29 is 18.8 Å².